The molecule has 7 heteroatoms. The predicted octanol–water partition coefficient (Wildman–Crippen LogP) is 3.87. The van der Waals surface area contributed by atoms with Crippen LogP contribution < -0.4 is 15.8 Å². The Hall–Kier alpha value is -3.09. The smallest absolute Gasteiger partial charge is 0.312 e. The summed E-state index contributed by atoms with van der Waals surface area (Å²) in [6.45, 7) is 4.29. The van der Waals surface area contributed by atoms with Crippen LogP contribution in [0, 0.1) is 0 Å². The summed E-state index contributed by atoms with van der Waals surface area (Å²) in [5, 5.41) is 11.4. The Morgan fingerprint density at radius 3 is 2.79 bits per heavy atom. The maximum absolute atomic E-state index is 11.3. The number of urea groups is 1. The van der Waals surface area contributed by atoms with E-state index >= 15 is 0 Å². The van der Waals surface area contributed by atoms with E-state index in [4.69, 9.17) is 10.5 Å². The number of hydrogen-bond acceptors (Lipinski definition) is 4. The first kappa shape index (κ1) is 18.3. The number of nitrogens with zero attached hydrogens (tertiary/aromatic N) is 3. The molecule has 1 aromatic carbocycles. The van der Waals surface area contributed by atoms with Crippen molar-refractivity contribution >= 4 is 11.7 Å². The van der Waals surface area contributed by atoms with Crippen molar-refractivity contribution in [2.24, 2.45) is 5.73 Å². The molecule has 7 nitrogen and oxygen atoms in total. The quantitative estimate of drug-likeness (QED) is 0.704. The van der Waals surface area contributed by atoms with Gasteiger partial charge in [-0.2, -0.15) is 0 Å². The van der Waals surface area contributed by atoms with Crippen LogP contribution in [-0.4, -0.2) is 20.6 Å². The number of nitrogens with two attached hydrogens (primary N) is 1. The van der Waals surface area contributed by atoms with E-state index < -0.39 is 6.03 Å². The summed E-state index contributed by atoms with van der Waals surface area (Å²) in [5.74, 6) is 2.04. The average Bonchev–Trinajstić information content (AvgIpc) is 3.12. The zero-order chi connectivity index (χ0) is 19.7. The van der Waals surface area contributed by atoms with Crippen LogP contribution in [0.2, 0.25) is 0 Å². The van der Waals surface area contributed by atoms with Gasteiger partial charge in [0.05, 0.1) is 12.2 Å². The maximum atomic E-state index is 11.3. The molecule has 0 bridgehead atoms. The van der Waals surface area contributed by atoms with E-state index in [1.807, 2.05) is 40.9 Å². The minimum atomic E-state index is -0.505. The van der Waals surface area contributed by atoms with Crippen molar-refractivity contribution in [2.45, 2.75) is 51.2 Å². The molecule has 3 aromatic rings. The number of pyridine rings is 1. The molecule has 4 rings (SSSR count). The molecule has 0 saturated carbocycles. The van der Waals surface area contributed by atoms with Crippen LogP contribution >= 0.6 is 0 Å². The highest BCUT2D eigenvalue weighted by molar-refractivity contribution is 5.72. The van der Waals surface area contributed by atoms with E-state index in [1.165, 1.54) is 0 Å². The summed E-state index contributed by atoms with van der Waals surface area (Å²) in [5.41, 5.74) is 8.29. The van der Waals surface area contributed by atoms with Gasteiger partial charge in [-0.25, -0.2) is 4.79 Å². The fraction of sp³-hybridized carbons (Fsp3) is 0.381. The van der Waals surface area contributed by atoms with Gasteiger partial charge in [-0.05, 0) is 42.5 Å². The Kier molecular flexibility index (Phi) is 4.90. The molecule has 28 heavy (non-hydrogen) atoms. The van der Waals surface area contributed by atoms with Gasteiger partial charge >= 0.3 is 6.03 Å². The van der Waals surface area contributed by atoms with Gasteiger partial charge in [0.25, 0.3) is 0 Å². The summed E-state index contributed by atoms with van der Waals surface area (Å²) in [4.78, 5) is 11.3. The Balaban J connectivity index is 1.63. The fourth-order valence-corrected chi connectivity index (χ4v) is 3.84. The number of carbonyl (C=O) groups is 1. The molecule has 1 aliphatic rings. The molecule has 2 aromatic heterocycles. The van der Waals surface area contributed by atoms with E-state index in [0.29, 0.717) is 5.92 Å². The molecular formula is C21H25N5O2. The zero-order valence-electron chi connectivity index (χ0n) is 16.1. The van der Waals surface area contributed by atoms with Crippen LogP contribution in [0.25, 0.3) is 5.65 Å². The Labute approximate surface area is 163 Å². The van der Waals surface area contributed by atoms with Crippen LogP contribution in [0.1, 0.15) is 68.1 Å². The monoisotopic (exact) mass is 379 g/mol. The van der Waals surface area contributed by atoms with Crippen molar-refractivity contribution < 1.29 is 9.53 Å². The number of nitrogens with one attached hydrogen (secondary N) is 1. The van der Waals surface area contributed by atoms with Gasteiger partial charge in [-0.3, -0.25) is 4.40 Å². The zero-order valence-corrected chi connectivity index (χ0v) is 16.1. The normalized spacial score (nSPS) is 19.8. The lowest BCUT2D eigenvalue weighted by molar-refractivity contribution is 0.171. The molecule has 0 saturated heterocycles. The first-order valence-corrected chi connectivity index (χ1v) is 9.73. The van der Waals surface area contributed by atoms with Gasteiger partial charge in [-0.15, -0.1) is 10.2 Å². The molecule has 2 heterocycles. The van der Waals surface area contributed by atoms with Crippen molar-refractivity contribution in [1.82, 2.24) is 19.9 Å². The molecule has 3 atom stereocenters. The van der Waals surface area contributed by atoms with Crippen LogP contribution in [0.15, 0.2) is 42.6 Å². The number of fused-ring (bicyclic) bond motifs is 2. The lowest BCUT2D eigenvalue weighted by atomic mass is 9.85. The second kappa shape index (κ2) is 7.50. The summed E-state index contributed by atoms with van der Waals surface area (Å²) in [6, 6.07) is 11.3. The first-order valence-electron chi connectivity index (χ1n) is 9.73. The number of carbonyl (C=O) groups excluding carboxylic acids is 1. The fourth-order valence-electron chi connectivity index (χ4n) is 3.84. The van der Waals surface area contributed by atoms with Crippen molar-refractivity contribution in [2.75, 3.05) is 0 Å². The number of aromatic nitrogens is 3. The molecule has 0 radical (unpaired) electrons. The SMILES string of the molecule is CCC(C)c1nnc2ccc(O[C@@H]3CC[C@H](NC(N)=O)c4ccccc43)cn12. The summed E-state index contributed by atoms with van der Waals surface area (Å²) < 4.78 is 8.37. The van der Waals surface area contributed by atoms with Gasteiger partial charge in [-0.1, -0.05) is 38.1 Å². The van der Waals surface area contributed by atoms with E-state index in [2.05, 4.69) is 35.4 Å². The topological polar surface area (TPSA) is 94.5 Å². The Bertz CT molecular complexity index is 999. The van der Waals surface area contributed by atoms with Crippen LogP contribution in [0.4, 0.5) is 4.79 Å². The van der Waals surface area contributed by atoms with E-state index in [1.54, 1.807) is 0 Å². The third kappa shape index (κ3) is 3.40. The molecule has 1 unspecified atom stereocenters. The lowest BCUT2D eigenvalue weighted by Crippen LogP contribution is -2.36. The second-order valence-electron chi connectivity index (χ2n) is 7.33. The molecule has 146 valence electrons. The molecule has 1 aliphatic carbocycles. The Morgan fingerprint density at radius 2 is 2.04 bits per heavy atom. The van der Waals surface area contributed by atoms with Crippen molar-refractivity contribution in [3.05, 3.63) is 59.5 Å². The predicted molar refractivity (Wildman–Crippen MR) is 106 cm³/mol. The van der Waals surface area contributed by atoms with E-state index in [-0.39, 0.29) is 12.1 Å². The molecule has 0 fully saturated rings. The third-order valence-electron chi connectivity index (χ3n) is 5.49. The van der Waals surface area contributed by atoms with Crippen LogP contribution in [-0.2, 0) is 0 Å². The third-order valence-corrected chi connectivity index (χ3v) is 5.49. The number of hydrogen-bond donors (Lipinski definition) is 2. The van der Waals surface area contributed by atoms with E-state index in [0.717, 1.165) is 47.6 Å². The molecule has 0 aliphatic heterocycles. The number of rotatable bonds is 5. The van der Waals surface area contributed by atoms with Crippen molar-refractivity contribution in [3.63, 3.8) is 0 Å². The average molecular weight is 379 g/mol. The van der Waals surface area contributed by atoms with Gasteiger partial charge in [0.2, 0.25) is 0 Å². The van der Waals surface area contributed by atoms with Crippen LogP contribution in [0.3, 0.4) is 0 Å². The van der Waals surface area contributed by atoms with Gasteiger partial charge in [0.15, 0.2) is 5.65 Å². The molecule has 2 amide bonds. The van der Waals surface area contributed by atoms with Crippen molar-refractivity contribution in [3.8, 4) is 5.75 Å². The second-order valence-corrected chi connectivity index (χ2v) is 7.33. The van der Waals surface area contributed by atoms with Gasteiger partial charge in [0, 0.05) is 5.92 Å². The molecule has 0 spiro atoms. The Morgan fingerprint density at radius 1 is 1.25 bits per heavy atom. The minimum Gasteiger partial charge on any atom is -0.484 e. The number of amides is 2. The largest absolute Gasteiger partial charge is 0.484 e. The van der Waals surface area contributed by atoms with Crippen molar-refractivity contribution in [1.29, 1.82) is 0 Å². The summed E-state index contributed by atoms with van der Waals surface area (Å²) in [7, 11) is 0. The highest BCUT2D eigenvalue weighted by atomic mass is 16.5. The maximum Gasteiger partial charge on any atom is 0.312 e. The molecular weight excluding hydrogens is 354 g/mol. The standard InChI is InChI=1S/C21H25N5O2/c1-3-13(2)20-25-24-19-11-8-14(12-26(19)20)28-18-10-9-17(23-21(22)27)15-6-4-5-7-16(15)18/h4-8,11-13,17-18H,3,9-10H2,1-2H3,(H3,22,23,27)/t13?,17-,18+/m0/s1. The van der Waals surface area contributed by atoms with Gasteiger partial charge < -0.3 is 15.8 Å². The minimum absolute atomic E-state index is 0.0779. The highest BCUT2D eigenvalue weighted by Crippen LogP contribution is 2.38. The van der Waals surface area contributed by atoms with E-state index in [9.17, 15) is 4.79 Å². The lowest BCUT2D eigenvalue weighted by Gasteiger charge is -2.32. The number of ether oxygens (including phenoxy) is 1. The highest BCUT2D eigenvalue weighted by Gasteiger charge is 2.29. The summed E-state index contributed by atoms with van der Waals surface area (Å²) >= 11 is 0. The number of benzene rings is 1. The first-order chi connectivity index (χ1) is 13.6. The molecule has 3 N–H and O–H groups in total. The summed E-state index contributed by atoms with van der Waals surface area (Å²) in [6.07, 6.45) is 4.45. The van der Waals surface area contributed by atoms with Gasteiger partial charge in [0.1, 0.15) is 17.7 Å². The number of primary amides is 1. The van der Waals surface area contributed by atoms with Crippen LogP contribution in [0.5, 0.6) is 5.75 Å².